The summed E-state index contributed by atoms with van der Waals surface area (Å²) >= 11 is 6.09. The van der Waals surface area contributed by atoms with Crippen LogP contribution >= 0.6 is 11.6 Å². The number of ether oxygens (including phenoxy) is 1. The van der Waals surface area contributed by atoms with Gasteiger partial charge in [-0.05, 0) is 62.4 Å². The third kappa shape index (κ3) is 4.65. The first-order valence-electron chi connectivity index (χ1n) is 10.2. The number of carbonyl (C=O) groups is 1. The fourth-order valence-corrected chi connectivity index (χ4v) is 4.07. The van der Waals surface area contributed by atoms with Crippen LogP contribution in [0.5, 0.6) is 0 Å². The minimum atomic E-state index is -0.363. The van der Waals surface area contributed by atoms with Gasteiger partial charge in [-0.3, -0.25) is 4.79 Å². The number of rotatable bonds is 5. The number of halogens is 1. The Balaban J connectivity index is 2.01. The Morgan fingerprint density at radius 1 is 1.24 bits per heavy atom. The first kappa shape index (κ1) is 21.4. The molecular weight excluding hydrogens is 384 g/mol. The van der Waals surface area contributed by atoms with E-state index < -0.39 is 0 Å². The van der Waals surface area contributed by atoms with Gasteiger partial charge in [0.05, 0.1) is 0 Å². The number of amides is 1. The number of nitrogens with zero attached hydrogens (tertiary/aromatic N) is 1. The fraction of sp³-hybridized carbons (Fsp3) is 0.375. The van der Waals surface area contributed by atoms with E-state index in [0.717, 1.165) is 42.6 Å². The molecule has 29 heavy (non-hydrogen) atoms. The Bertz CT molecular complexity index is 857. The Kier molecular flexibility index (Phi) is 6.66. The van der Waals surface area contributed by atoms with E-state index in [4.69, 9.17) is 16.3 Å². The topological polar surface area (TPSA) is 41.6 Å². The molecule has 4 nitrogen and oxygen atoms in total. The summed E-state index contributed by atoms with van der Waals surface area (Å²) < 4.78 is 6.26. The van der Waals surface area contributed by atoms with E-state index in [1.165, 1.54) is 0 Å². The highest BCUT2D eigenvalue weighted by atomic mass is 35.5. The molecule has 1 amide bonds. The van der Waals surface area contributed by atoms with E-state index in [1.807, 2.05) is 43.0 Å². The Hall–Kier alpha value is -2.30. The van der Waals surface area contributed by atoms with Gasteiger partial charge in [-0.2, -0.15) is 0 Å². The number of hydrogen-bond acceptors (Lipinski definition) is 3. The molecule has 154 valence electrons. The maximum Gasteiger partial charge on any atom is 0.253 e. The first-order valence-corrected chi connectivity index (χ1v) is 10.5. The van der Waals surface area contributed by atoms with Gasteiger partial charge in [0, 0.05) is 42.1 Å². The van der Waals surface area contributed by atoms with E-state index in [1.54, 1.807) is 6.08 Å². The van der Waals surface area contributed by atoms with Crippen LogP contribution in [0.4, 0.5) is 0 Å². The lowest BCUT2D eigenvalue weighted by Crippen LogP contribution is -2.44. The number of hydrogen-bond donors (Lipinski definition) is 1. The van der Waals surface area contributed by atoms with E-state index >= 15 is 0 Å². The highest BCUT2D eigenvalue weighted by molar-refractivity contribution is 6.31. The van der Waals surface area contributed by atoms with Crippen LogP contribution in [-0.4, -0.2) is 42.6 Å². The van der Waals surface area contributed by atoms with Gasteiger partial charge in [0.2, 0.25) is 0 Å². The third-order valence-corrected chi connectivity index (χ3v) is 5.68. The van der Waals surface area contributed by atoms with Crippen molar-refractivity contribution < 1.29 is 9.53 Å². The molecule has 1 fully saturated rings. The third-order valence-electron chi connectivity index (χ3n) is 5.57. The van der Waals surface area contributed by atoms with Crippen molar-refractivity contribution in [1.82, 2.24) is 10.2 Å². The van der Waals surface area contributed by atoms with Crippen molar-refractivity contribution in [3.63, 3.8) is 0 Å². The molecule has 2 aliphatic heterocycles. The number of nitrogens with one attached hydrogen (secondary N) is 1. The minimum absolute atomic E-state index is 0.0478. The summed E-state index contributed by atoms with van der Waals surface area (Å²) in [6.07, 6.45) is 5.74. The fourth-order valence-electron chi connectivity index (χ4n) is 3.96. The summed E-state index contributed by atoms with van der Waals surface area (Å²) in [5, 5.41) is 3.80. The van der Waals surface area contributed by atoms with Gasteiger partial charge in [0.1, 0.15) is 11.4 Å². The van der Waals surface area contributed by atoms with Crippen LogP contribution in [0.25, 0.3) is 5.57 Å². The molecule has 0 aliphatic carbocycles. The van der Waals surface area contributed by atoms with E-state index in [0.29, 0.717) is 29.4 Å². The molecule has 0 unspecified atom stereocenters. The zero-order valence-corrected chi connectivity index (χ0v) is 18.0. The second-order valence-electron chi connectivity index (χ2n) is 7.46. The molecule has 1 N–H and O–H groups in total. The van der Waals surface area contributed by atoms with Crippen LogP contribution in [0, 0.1) is 0 Å². The molecule has 0 saturated carbocycles. The largest absolute Gasteiger partial charge is 0.483 e. The minimum Gasteiger partial charge on any atom is -0.483 e. The molecule has 1 spiro atoms. The van der Waals surface area contributed by atoms with Crippen molar-refractivity contribution in [2.75, 3.05) is 26.2 Å². The average molecular weight is 413 g/mol. The summed E-state index contributed by atoms with van der Waals surface area (Å²) in [5.41, 5.74) is 3.18. The highest BCUT2D eigenvalue weighted by Crippen LogP contribution is 2.42. The number of allylic oxidation sites excluding steroid dienone is 3. The van der Waals surface area contributed by atoms with E-state index in [9.17, 15) is 4.79 Å². The summed E-state index contributed by atoms with van der Waals surface area (Å²) in [5.74, 6) is 0.654. The van der Waals surface area contributed by atoms with Gasteiger partial charge in [0.15, 0.2) is 0 Å². The van der Waals surface area contributed by atoms with Crippen molar-refractivity contribution >= 4 is 23.1 Å². The molecule has 2 aliphatic rings. The van der Waals surface area contributed by atoms with Crippen molar-refractivity contribution in [2.45, 2.75) is 32.3 Å². The smallest absolute Gasteiger partial charge is 0.253 e. The Labute approximate surface area is 178 Å². The van der Waals surface area contributed by atoms with Crippen LogP contribution in [0.15, 0.2) is 65.9 Å². The highest BCUT2D eigenvalue weighted by Gasteiger charge is 2.37. The Morgan fingerprint density at radius 2 is 1.86 bits per heavy atom. The van der Waals surface area contributed by atoms with Crippen LogP contribution in [0.3, 0.4) is 0 Å². The van der Waals surface area contributed by atoms with Gasteiger partial charge in [-0.15, -0.1) is 0 Å². The molecule has 1 aromatic carbocycles. The lowest BCUT2D eigenvalue weighted by atomic mass is 9.82. The van der Waals surface area contributed by atoms with Gasteiger partial charge in [-0.25, -0.2) is 0 Å². The number of piperidine rings is 1. The molecular formula is C24H29ClN2O2. The lowest BCUT2D eigenvalue weighted by molar-refractivity contribution is 0.0209. The van der Waals surface area contributed by atoms with Gasteiger partial charge in [0.25, 0.3) is 5.91 Å². The predicted octanol–water partition coefficient (Wildman–Crippen LogP) is 4.90. The standard InChI is InChI=1S/C24H29ClN2O2/c1-5-27(6-2)23(28)20-9-7-19(8-10-20)22-16-24(11-13-26-14-12-24)29-18(4)21(22)15-17(3)25/h7-10,15-16,26H,3-6,11-14H2,1-2H3/b21-15+. The molecule has 0 atom stereocenters. The van der Waals surface area contributed by atoms with Gasteiger partial charge < -0.3 is 15.0 Å². The zero-order chi connectivity index (χ0) is 21.0. The average Bonchev–Trinajstić information content (AvgIpc) is 2.71. The summed E-state index contributed by atoms with van der Waals surface area (Å²) in [4.78, 5) is 14.4. The lowest BCUT2D eigenvalue weighted by Gasteiger charge is -2.41. The summed E-state index contributed by atoms with van der Waals surface area (Å²) in [6.45, 7) is 15.1. The molecule has 0 radical (unpaired) electrons. The number of benzene rings is 1. The van der Waals surface area contributed by atoms with Crippen LogP contribution in [-0.2, 0) is 4.74 Å². The van der Waals surface area contributed by atoms with E-state index in [2.05, 4.69) is 24.6 Å². The van der Waals surface area contributed by atoms with E-state index in [-0.39, 0.29) is 11.5 Å². The maximum atomic E-state index is 12.6. The molecule has 1 aromatic rings. The van der Waals surface area contributed by atoms with Gasteiger partial charge >= 0.3 is 0 Å². The first-order chi connectivity index (χ1) is 13.9. The Morgan fingerprint density at radius 3 is 2.41 bits per heavy atom. The summed E-state index contributed by atoms with van der Waals surface area (Å²) in [7, 11) is 0. The monoisotopic (exact) mass is 412 g/mol. The molecule has 1 saturated heterocycles. The van der Waals surface area contributed by atoms with Crippen molar-refractivity contribution in [3.8, 4) is 0 Å². The van der Waals surface area contributed by atoms with Crippen LogP contribution in [0.2, 0.25) is 0 Å². The van der Waals surface area contributed by atoms with Gasteiger partial charge in [-0.1, -0.05) is 36.9 Å². The quantitative estimate of drug-likeness (QED) is 0.748. The van der Waals surface area contributed by atoms with Crippen molar-refractivity contribution in [3.05, 3.63) is 77.1 Å². The molecule has 3 rings (SSSR count). The summed E-state index contributed by atoms with van der Waals surface area (Å²) in [6, 6.07) is 7.75. The zero-order valence-electron chi connectivity index (χ0n) is 17.3. The SMILES string of the molecule is C=C(Cl)/C=C1\C(=C)OC2(C=C1c1ccc(C(=O)N(CC)CC)cc1)CCNCC2. The van der Waals surface area contributed by atoms with Crippen molar-refractivity contribution in [2.24, 2.45) is 0 Å². The van der Waals surface area contributed by atoms with Crippen molar-refractivity contribution in [1.29, 1.82) is 0 Å². The maximum absolute atomic E-state index is 12.6. The van der Waals surface area contributed by atoms with Crippen LogP contribution < -0.4 is 5.32 Å². The molecule has 5 heteroatoms. The normalized spacial score (nSPS) is 19.6. The molecule has 0 aromatic heterocycles. The van der Waals surface area contributed by atoms with Crippen LogP contribution in [0.1, 0.15) is 42.6 Å². The second kappa shape index (κ2) is 9.02. The second-order valence-corrected chi connectivity index (χ2v) is 7.94. The molecule has 2 heterocycles. The molecule has 0 bridgehead atoms. The number of carbonyl (C=O) groups excluding carboxylic acids is 1. The predicted molar refractivity (Wildman–Crippen MR) is 120 cm³/mol.